The monoisotopic (exact) mass is 489 g/mol. The largest absolute Gasteiger partial charge is 0.351 e. The standard InChI is InChI=1S/C28H29F2N5O/c1-28(2,3)32-13-19-11-22(29)23(30)12-20(19)16-8-9-24-21(10-16)25(34-27(31)33-24)26(36)35-14-17-6-4-5-7-18(17)15-35/h4-12,27,32-33H,13-15,31H2,1-3H3. The van der Waals surface area contributed by atoms with E-state index in [9.17, 15) is 13.6 Å². The predicted molar refractivity (Wildman–Crippen MR) is 137 cm³/mol. The van der Waals surface area contributed by atoms with Gasteiger partial charge in [-0.3, -0.25) is 10.5 Å². The molecule has 0 aliphatic carbocycles. The number of nitrogens with zero attached hydrogens (tertiary/aromatic N) is 2. The molecule has 0 spiro atoms. The third-order valence-corrected chi connectivity index (χ3v) is 6.44. The van der Waals surface area contributed by atoms with E-state index in [0.29, 0.717) is 47.6 Å². The second-order valence-corrected chi connectivity index (χ2v) is 10.3. The molecule has 2 heterocycles. The summed E-state index contributed by atoms with van der Waals surface area (Å²) in [6.07, 6.45) is -0.762. The molecule has 1 unspecified atom stereocenters. The van der Waals surface area contributed by atoms with Crippen molar-refractivity contribution in [2.75, 3.05) is 5.32 Å². The van der Waals surface area contributed by atoms with Gasteiger partial charge >= 0.3 is 0 Å². The Morgan fingerprint density at radius 1 is 1.06 bits per heavy atom. The lowest BCUT2D eigenvalue weighted by Crippen LogP contribution is -2.40. The van der Waals surface area contributed by atoms with E-state index >= 15 is 0 Å². The highest BCUT2D eigenvalue weighted by Crippen LogP contribution is 2.33. The molecule has 5 rings (SSSR count). The SMILES string of the molecule is CC(C)(C)NCc1cc(F)c(F)cc1-c1ccc2c(c1)C(C(=O)N1Cc3ccccc3C1)=NC(N)N2. The Hall–Kier alpha value is -3.62. The Bertz CT molecular complexity index is 1350. The van der Waals surface area contributed by atoms with Crippen LogP contribution in [0.3, 0.4) is 0 Å². The van der Waals surface area contributed by atoms with Crippen LogP contribution < -0.4 is 16.4 Å². The Morgan fingerprint density at radius 2 is 1.72 bits per heavy atom. The molecule has 4 N–H and O–H groups in total. The van der Waals surface area contributed by atoms with Gasteiger partial charge < -0.3 is 15.5 Å². The van der Waals surface area contributed by atoms with Crippen LogP contribution in [0.25, 0.3) is 11.1 Å². The average Bonchev–Trinajstić information content (AvgIpc) is 3.27. The fourth-order valence-corrected chi connectivity index (χ4v) is 4.59. The molecule has 3 aromatic rings. The smallest absolute Gasteiger partial charge is 0.273 e. The summed E-state index contributed by atoms with van der Waals surface area (Å²) >= 11 is 0. The van der Waals surface area contributed by atoms with Gasteiger partial charge in [-0.25, -0.2) is 13.8 Å². The number of hydrogen-bond donors (Lipinski definition) is 3. The average molecular weight is 490 g/mol. The van der Waals surface area contributed by atoms with Gasteiger partial charge in [0, 0.05) is 36.4 Å². The minimum Gasteiger partial charge on any atom is -0.351 e. The zero-order chi connectivity index (χ0) is 25.6. The van der Waals surface area contributed by atoms with Crippen molar-refractivity contribution in [2.45, 2.75) is 52.2 Å². The number of nitrogens with one attached hydrogen (secondary N) is 2. The van der Waals surface area contributed by atoms with Crippen LogP contribution in [-0.4, -0.2) is 28.3 Å². The highest BCUT2D eigenvalue weighted by atomic mass is 19.2. The van der Waals surface area contributed by atoms with Crippen molar-refractivity contribution in [1.82, 2.24) is 10.2 Å². The summed E-state index contributed by atoms with van der Waals surface area (Å²) in [6, 6.07) is 15.8. The summed E-state index contributed by atoms with van der Waals surface area (Å²) in [5.41, 5.74) is 11.4. The van der Waals surface area contributed by atoms with E-state index < -0.39 is 17.9 Å². The second kappa shape index (κ2) is 9.11. The van der Waals surface area contributed by atoms with Crippen molar-refractivity contribution < 1.29 is 13.6 Å². The summed E-state index contributed by atoms with van der Waals surface area (Å²) in [5, 5.41) is 6.42. The van der Waals surface area contributed by atoms with E-state index in [-0.39, 0.29) is 17.2 Å². The molecular formula is C28H29F2N5O. The van der Waals surface area contributed by atoms with Crippen LogP contribution in [-0.2, 0) is 24.4 Å². The molecule has 1 atom stereocenters. The maximum atomic E-state index is 14.3. The quantitative estimate of drug-likeness (QED) is 0.503. The zero-order valence-corrected chi connectivity index (χ0v) is 20.5. The van der Waals surface area contributed by atoms with E-state index in [1.807, 2.05) is 51.1 Å². The molecule has 8 heteroatoms. The number of carbonyl (C=O) groups is 1. The number of rotatable bonds is 4. The Morgan fingerprint density at radius 3 is 2.39 bits per heavy atom. The molecule has 0 saturated heterocycles. The first-order valence-corrected chi connectivity index (χ1v) is 11.9. The van der Waals surface area contributed by atoms with Gasteiger partial charge in [-0.15, -0.1) is 0 Å². The van der Waals surface area contributed by atoms with Gasteiger partial charge in [-0.1, -0.05) is 30.3 Å². The maximum absolute atomic E-state index is 14.3. The summed E-state index contributed by atoms with van der Waals surface area (Å²) < 4.78 is 28.5. The minimum atomic E-state index is -0.929. The second-order valence-electron chi connectivity index (χ2n) is 10.3. The number of carbonyl (C=O) groups excluding carboxylic acids is 1. The number of benzene rings is 3. The lowest BCUT2D eigenvalue weighted by atomic mass is 9.94. The first-order valence-electron chi connectivity index (χ1n) is 11.9. The highest BCUT2D eigenvalue weighted by Gasteiger charge is 2.31. The third kappa shape index (κ3) is 4.74. The number of nitrogens with two attached hydrogens (primary N) is 1. The normalized spacial score (nSPS) is 16.8. The van der Waals surface area contributed by atoms with Crippen LogP contribution in [0, 0.1) is 11.6 Å². The molecule has 2 aliphatic rings. The van der Waals surface area contributed by atoms with Crippen LogP contribution in [0.5, 0.6) is 0 Å². The van der Waals surface area contributed by atoms with Crippen molar-refractivity contribution in [3.63, 3.8) is 0 Å². The van der Waals surface area contributed by atoms with Gasteiger partial charge in [-0.05, 0) is 72.9 Å². The number of fused-ring (bicyclic) bond motifs is 2. The van der Waals surface area contributed by atoms with Crippen molar-refractivity contribution in [2.24, 2.45) is 10.7 Å². The number of aliphatic imine (C=N–C) groups is 1. The topological polar surface area (TPSA) is 82.8 Å². The fourth-order valence-electron chi connectivity index (χ4n) is 4.59. The van der Waals surface area contributed by atoms with Gasteiger partial charge in [0.05, 0.1) is 0 Å². The lowest BCUT2D eigenvalue weighted by Gasteiger charge is -2.26. The van der Waals surface area contributed by atoms with Crippen molar-refractivity contribution in [1.29, 1.82) is 0 Å². The number of anilines is 1. The van der Waals surface area contributed by atoms with E-state index in [1.54, 1.807) is 17.0 Å². The molecule has 36 heavy (non-hydrogen) atoms. The summed E-state index contributed by atoms with van der Waals surface area (Å²) in [4.78, 5) is 19.8. The van der Waals surface area contributed by atoms with Gasteiger partial charge in [-0.2, -0.15) is 0 Å². The van der Waals surface area contributed by atoms with E-state index in [1.165, 1.54) is 12.1 Å². The van der Waals surface area contributed by atoms with Crippen LogP contribution in [0.15, 0.2) is 59.6 Å². The van der Waals surface area contributed by atoms with E-state index in [4.69, 9.17) is 5.73 Å². The Labute approximate surface area is 209 Å². The van der Waals surface area contributed by atoms with E-state index in [2.05, 4.69) is 15.6 Å². The molecule has 3 aromatic carbocycles. The molecule has 0 aromatic heterocycles. The molecule has 0 bridgehead atoms. The van der Waals surface area contributed by atoms with Gasteiger partial charge in [0.15, 0.2) is 17.9 Å². The molecule has 0 radical (unpaired) electrons. The first kappa shape index (κ1) is 24.1. The number of amides is 1. The van der Waals surface area contributed by atoms with Gasteiger partial charge in [0.1, 0.15) is 5.71 Å². The fraction of sp³-hybridized carbons (Fsp3) is 0.286. The molecule has 0 fully saturated rings. The molecular weight excluding hydrogens is 460 g/mol. The lowest BCUT2D eigenvalue weighted by molar-refractivity contribution is -0.124. The number of halogens is 2. The molecule has 186 valence electrons. The van der Waals surface area contributed by atoms with Crippen LogP contribution in [0.4, 0.5) is 14.5 Å². The molecule has 0 saturated carbocycles. The minimum absolute atomic E-state index is 0.211. The zero-order valence-electron chi connectivity index (χ0n) is 20.5. The maximum Gasteiger partial charge on any atom is 0.273 e. The van der Waals surface area contributed by atoms with Crippen molar-refractivity contribution in [3.05, 3.63) is 88.5 Å². The summed E-state index contributed by atoms with van der Waals surface area (Å²) in [6.45, 7) is 7.36. The van der Waals surface area contributed by atoms with Crippen LogP contribution >= 0.6 is 0 Å². The van der Waals surface area contributed by atoms with Crippen molar-refractivity contribution >= 4 is 17.3 Å². The molecule has 6 nitrogen and oxygen atoms in total. The van der Waals surface area contributed by atoms with Crippen molar-refractivity contribution in [3.8, 4) is 11.1 Å². The Kier molecular flexibility index (Phi) is 6.10. The van der Waals surface area contributed by atoms with Gasteiger partial charge in [0.25, 0.3) is 5.91 Å². The highest BCUT2D eigenvalue weighted by molar-refractivity contribution is 6.46. The van der Waals surface area contributed by atoms with Gasteiger partial charge in [0.2, 0.25) is 0 Å². The first-order chi connectivity index (χ1) is 17.1. The molecule has 2 aliphatic heterocycles. The number of hydrogen-bond acceptors (Lipinski definition) is 5. The molecule has 1 amide bonds. The summed E-state index contributed by atoms with van der Waals surface area (Å²) in [5.74, 6) is -2.05. The van der Waals surface area contributed by atoms with Crippen LogP contribution in [0.2, 0.25) is 0 Å². The Balaban J connectivity index is 1.52. The summed E-state index contributed by atoms with van der Waals surface area (Å²) in [7, 11) is 0. The van der Waals surface area contributed by atoms with E-state index in [0.717, 1.165) is 11.1 Å². The third-order valence-electron chi connectivity index (χ3n) is 6.44. The van der Waals surface area contributed by atoms with Crippen LogP contribution in [0.1, 0.15) is 43.0 Å². The predicted octanol–water partition coefficient (Wildman–Crippen LogP) is 4.52.